The predicted octanol–water partition coefficient (Wildman–Crippen LogP) is 2.93. The lowest BCUT2D eigenvalue weighted by molar-refractivity contribution is -0.124. The molecule has 0 radical (unpaired) electrons. The van der Waals surface area contributed by atoms with Crippen LogP contribution in [0, 0.1) is 11.8 Å². The Balaban J connectivity index is 1.76. The Labute approximate surface area is 127 Å². The van der Waals surface area contributed by atoms with E-state index in [4.69, 9.17) is 10.5 Å². The number of carbonyl (C=O) groups is 1. The van der Waals surface area contributed by atoms with Gasteiger partial charge in [-0.15, -0.1) is 0 Å². The Kier molecular flexibility index (Phi) is 5.76. The minimum atomic E-state index is -0.0959. The molecule has 1 aromatic rings. The van der Waals surface area contributed by atoms with E-state index in [0.717, 1.165) is 24.1 Å². The SMILES string of the molecule is CC1CC(C)CC(OCC(=O)Nc2ccc(CN)cc2)C1. The Morgan fingerprint density at radius 1 is 1.19 bits per heavy atom. The first-order chi connectivity index (χ1) is 10.1. The lowest BCUT2D eigenvalue weighted by atomic mass is 9.82. The van der Waals surface area contributed by atoms with Crippen LogP contribution >= 0.6 is 0 Å². The van der Waals surface area contributed by atoms with Crippen molar-refractivity contribution in [3.05, 3.63) is 29.8 Å². The molecule has 0 aliphatic heterocycles. The molecule has 1 aromatic carbocycles. The van der Waals surface area contributed by atoms with Crippen LogP contribution in [0.5, 0.6) is 0 Å². The van der Waals surface area contributed by atoms with Crippen LogP contribution in [0.25, 0.3) is 0 Å². The zero-order chi connectivity index (χ0) is 15.2. The van der Waals surface area contributed by atoms with Gasteiger partial charge in [0, 0.05) is 12.2 Å². The molecule has 4 heteroatoms. The summed E-state index contributed by atoms with van der Waals surface area (Å²) in [5.41, 5.74) is 7.38. The lowest BCUT2D eigenvalue weighted by Crippen LogP contribution is -2.29. The van der Waals surface area contributed by atoms with Gasteiger partial charge in [-0.05, 0) is 48.8 Å². The Morgan fingerprint density at radius 3 is 2.38 bits per heavy atom. The molecular formula is C17H26N2O2. The molecule has 1 fully saturated rings. The fraction of sp³-hybridized carbons (Fsp3) is 0.588. The number of nitrogens with one attached hydrogen (secondary N) is 1. The summed E-state index contributed by atoms with van der Waals surface area (Å²) in [5.74, 6) is 1.28. The van der Waals surface area contributed by atoms with E-state index in [1.807, 2.05) is 24.3 Å². The number of amides is 1. The second-order valence-corrected chi connectivity index (χ2v) is 6.30. The summed E-state index contributed by atoms with van der Waals surface area (Å²) in [7, 11) is 0. The fourth-order valence-corrected chi connectivity index (χ4v) is 3.12. The highest BCUT2D eigenvalue weighted by molar-refractivity contribution is 5.91. The highest BCUT2D eigenvalue weighted by atomic mass is 16.5. The second kappa shape index (κ2) is 7.57. The van der Waals surface area contributed by atoms with Crippen LogP contribution in [0.2, 0.25) is 0 Å². The number of hydrogen-bond donors (Lipinski definition) is 2. The largest absolute Gasteiger partial charge is 0.368 e. The van der Waals surface area contributed by atoms with Crippen molar-refractivity contribution >= 4 is 11.6 Å². The van der Waals surface area contributed by atoms with Gasteiger partial charge in [0.15, 0.2) is 0 Å². The van der Waals surface area contributed by atoms with E-state index in [9.17, 15) is 4.79 Å². The number of benzene rings is 1. The highest BCUT2D eigenvalue weighted by Gasteiger charge is 2.24. The van der Waals surface area contributed by atoms with Crippen molar-refractivity contribution in [2.45, 2.75) is 45.8 Å². The second-order valence-electron chi connectivity index (χ2n) is 6.30. The molecule has 4 nitrogen and oxygen atoms in total. The van der Waals surface area contributed by atoms with Crippen LogP contribution < -0.4 is 11.1 Å². The molecule has 116 valence electrons. The van der Waals surface area contributed by atoms with Gasteiger partial charge in [-0.1, -0.05) is 26.0 Å². The van der Waals surface area contributed by atoms with Crippen molar-refractivity contribution in [3.8, 4) is 0 Å². The third kappa shape index (κ3) is 5.14. The molecule has 0 bridgehead atoms. The first-order valence-corrected chi connectivity index (χ1v) is 7.77. The maximum Gasteiger partial charge on any atom is 0.250 e. The number of ether oxygens (including phenoxy) is 1. The monoisotopic (exact) mass is 290 g/mol. The molecule has 0 saturated heterocycles. The zero-order valence-electron chi connectivity index (χ0n) is 13.0. The van der Waals surface area contributed by atoms with Crippen molar-refractivity contribution < 1.29 is 9.53 Å². The van der Waals surface area contributed by atoms with Gasteiger partial charge >= 0.3 is 0 Å². The first kappa shape index (κ1) is 16.0. The zero-order valence-corrected chi connectivity index (χ0v) is 13.0. The number of carbonyl (C=O) groups excluding carboxylic acids is 1. The number of rotatable bonds is 5. The van der Waals surface area contributed by atoms with E-state index in [2.05, 4.69) is 19.2 Å². The van der Waals surface area contributed by atoms with Crippen LogP contribution in [-0.4, -0.2) is 18.6 Å². The summed E-state index contributed by atoms with van der Waals surface area (Å²) in [5, 5.41) is 2.85. The topological polar surface area (TPSA) is 64.3 Å². The van der Waals surface area contributed by atoms with E-state index in [0.29, 0.717) is 18.4 Å². The van der Waals surface area contributed by atoms with Crippen molar-refractivity contribution in [3.63, 3.8) is 0 Å². The van der Waals surface area contributed by atoms with Crippen LogP contribution in [0.1, 0.15) is 38.7 Å². The molecule has 1 aliphatic rings. The van der Waals surface area contributed by atoms with Gasteiger partial charge < -0.3 is 15.8 Å². The molecule has 2 atom stereocenters. The molecule has 0 heterocycles. The molecule has 1 aliphatic carbocycles. The number of nitrogens with two attached hydrogens (primary N) is 1. The van der Waals surface area contributed by atoms with Gasteiger partial charge in [0.2, 0.25) is 5.91 Å². The molecule has 1 saturated carbocycles. The Morgan fingerprint density at radius 2 is 1.81 bits per heavy atom. The molecule has 21 heavy (non-hydrogen) atoms. The molecule has 0 spiro atoms. The van der Waals surface area contributed by atoms with Crippen LogP contribution in [0.15, 0.2) is 24.3 Å². The predicted molar refractivity (Wildman–Crippen MR) is 84.9 cm³/mol. The first-order valence-electron chi connectivity index (χ1n) is 7.77. The van der Waals surface area contributed by atoms with Crippen molar-refractivity contribution in [2.75, 3.05) is 11.9 Å². The minimum Gasteiger partial charge on any atom is -0.368 e. The van der Waals surface area contributed by atoms with Gasteiger partial charge in [-0.2, -0.15) is 0 Å². The molecular weight excluding hydrogens is 264 g/mol. The van der Waals surface area contributed by atoms with Gasteiger partial charge in [-0.3, -0.25) is 4.79 Å². The normalized spacial score (nSPS) is 25.6. The maximum atomic E-state index is 11.9. The van der Waals surface area contributed by atoms with Gasteiger partial charge in [0.25, 0.3) is 0 Å². The van der Waals surface area contributed by atoms with E-state index in [1.54, 1.807) is 0 Å². The number of anilines is 1. The third-order valence-electron chi connectivity index (χ3n) is 4.06. The molecule has 2 unspecified atom stereocenters. The molecule has 0 aromatic heterocycles. The van der Waals surface area contributed by atoms with Gasteiger partial charge in [-0.25, -0.2) is 0 Å². The van der Waals surface area contributed by atoms with Crippen LogP contribution in [0.4, 0.5) is 5.69 Å². The molecule has 2 rings (SSSR count). The third-order valence-corrected chi connectivity index (χ3v) is 4.06. The summed E-state index contributed by atoms with van der Waals surface area (Å²) >= 11 is 0. The van der Waals surface area contributed by atoms with Crippen LogP contribution in [-0.2, 0) is 16.1 Å². The van der Waals surface area contributed by atoms with E-state index in [1.165, 1.54) is 6.42 Å². The molecule has 3 N–H and O–H groups in total. The van der Waals surface area contributed by atoms with E-state index < -0.39 is 0 Å². The van der Waals surface area contributed by atoms with Crippen molar-refractivity contribution in [2.24, 2.45) is 17.6 Å². The fourth-order valence-electron chi connectivity index (χ4n) is 3.12. The highest BCUT2D eigenvalue weighted by Crippen LogP contribution is 2.30. The summed E-state index contributed by atoms with van der Waals surface area (Å²) in [6, 6.07) is 7.57. The summed E-state index contributed by atoms with van der Waals surface area (Å²) in [6.07, 6.45) is 3.60. The smallest absolute Gasteiger partial charge is 0.250 e. The average Bonchev–Trinajstić information content (AvgIpc) is 2.45. The van der Waals surface area contributed by atoms with Gasteiger partial charge in [0.05, 0.1) is 6.10 Å². The maximum absolute atomic E-state index is 11.9. The Hall–Kier alpha value is -1.39. The Bertz CT molecular complexity index is 448. The summed E-state index contributed by atoms with van der Waals surface area (Å²) in [4.78, 5) is 11.9. The summed E-state index contributed by atoms with van der Waals surface area (Å²) in [6.45, 7) is 5.15. The van der Waals surface area contributed by atoms with E-state index in [-0.39, 0.29) is 18.6 Å². The lowest BCUT2D eigenvalue weighted by Gasteiger charge is -2.31. The quantitative estimate of drug-likeness (QED) is 0.876. The number of hydrogen-bond acceptors (Lipinski definition) is 3. The minimum absolute atomic E-state index is 0.0959. The molecule has 1 amide bonds. The summed E-state index contributed by atoms with van der Waals surface area (Å²) < 4.78 is 5.77. The average molecular weight is 290 g/mol. The van der Waals surface area contributed by atoms with E-state index >= 15 is 0 Å². The van der Waals surface area contributed by atoms with Crippen molar-refractivity contribution in [1.82, 2.24) is 0 Å². The standard InChI is InChI=1S/C17H26N2O2/c1-12-7-13(2)9-16(8-12)21-11-17(20)19-15-5-3-14(10-18)4-6-15/h3-6,12-13,16H,7-11,18H2,1-2H3,(H,19,20). The van der Waals surface area contributed by atoms with Gasteiger partial charge in [0.1, 0.15) is 6.61 Å². The van der Waals surface area contributed by atoms with Crippen LogP contribution in [0.3, 0.4) is 0 Å². The van der Waals surface area contributed by atoms with Crippen molar-refractivity contribution in [1.29, 1.82) is 0 Å².